The number of carboxylic acids is 1. The molecule has 1 N–H and O–H groups in total. The Morgan fingerprint density at radius 1 is 1.22 bits per heavy atom. The summed E-state index contributed by atoms with van der Waals surface area (Å²) < 4.78 is 0. The van der Waals surface area contributed by atoms with Crippen LogP contribution in [0.3, 0.4) is 0 Å². The first-order chi connectivity index (χ1) is 8.49. The lowest BCUT2D eigenvalue weighted by Crippen LogP contribution is -2.06. The fourth-order valence-corrected chi connectivity index (χ4v) is 1.53. The van der Waals surface area contributed by atoms with Gasteiger partial charge in [-0.3, -0.25) is 19.7 Å². The second kappa shape index (κ2) is 6.48. The van der Waals surface area contributed by atoms with Crippen LogP contribution in [-0.4, -0.2) is 21.8 Å². The molecule has 0 amide bonds. The summed E-state index contributed by atoms with van der Waals surface area (Å²) in [7, 11) is 0. The van der Waals surface area contributed by atoms with Crippen LogP contribution < -0.4 is 0 Å². The number of benzene rings is 1. The number of hydrogen-bond donors (Lipinski definition) is 1. The zero-order valence-electron chi connectivity index (χ0n) is 9.67. The molecule has 0 bridgehead atoms. The number of carbonyl (C=O) groups is 2. The largest absolute Gasteiger partial charge is 0.481 e. The normalized spacial score (nSPS) is 10.0. The fraction of sp³-hybridized carbons (Fsp3) is 0.333. The van der Waals surface area contributed by atoms with Gasteiger partial charge < -0.3 is 5.11 Å². The first-order valence-corrected chi connectivity index (χ1v) is 5.46. The molecule has 6 heteroatoms. The van der Waals surface area contributed by atoms with E-state index in [1.165, 1.54) is 12.1 Å². The molecule has 1 aromatic rings. The third-order valence-corrected chi connectivity index (χ3v) is 2.42. The summed E-state index contributed by atoms with van der Waals surface area (Å²) in [6.45, 7) is 0. The Morgan fingerprint density at radius 3 is 2.33 bits per heavy atom. The first-order valence-electron chi connectivity index (χ1n) is 5.46. The monoisotopic (exact) mass is 251 g/mol. The molecule has 0 aliphatic carbocycles. The summed E-state index contributed by atoms with van der Waals surface area (Å²) in [5.41, 5.74) is 0.921. The van der Waals surface area contributed by atoms with Crippen LogP contribution in [0.15, 0.2) is 24.3 Å². The highest BCUT2D eigenvalue weighted by Crippen LogP contribution is 2.13. The summed E-state index contributed by atoms with van der Waals surface area (Å²) in [4.78, 5) is 31.3. The van der Waals surface area contributed by atoms with Crippen molar-refractivity contribution in [3.8, 4) is 0 Å². The van der Waals surface area contributed by atoms with E-state index in [9.17, 15) is 19.7 Å². The summed E-state index contributed by atoms with van der Waals surface area (Å²) >= 11 is 0. The molecule has 18 heavy (non-hydrogen) atoms. The van der Waals surface area contributed by atoms with Crippen molar-refractivity contribution in [3.05, 3.63) is 39.9 Å². The number of aryl methyl sites for hydroxylation is 1. The van der Waals surface area contributed by atoms with Gasteiger partial charge in [-0.2, -0.15) is 0 Å². The van der Waals surface area contributed by atoms with E-state index in [2.05, 4.69) is 0 Å². The average Bonchev–Trinajstić information content (AvgIpc) is 2.28. The SMILES string of the molecule is O=C(O)CC(=O)CCCc1ccc([N+](=O)[O-])cc1. The number of nitro groups is 1. The van der Waals surface area contributed by atoms with Gasteiger partial charge in [-0.25, -0.2) is 0 Å². The Hall–Kier alpha value is -2.24. The molecule has 0 saturated heterocycles. The first kappa shape index (κ1) is 13.8. The van der Waals surface area contributed by atoms with E-state index in [0.29, 0.717) is 12.8 Å². The molecular weight excluding hydrogens is 238 g/mol. The number of aliphatic carboxylic acids is 1. The van der Waals surface area contributed by atoms with Gasteiger partial charge in [0.15, 0.2) is 0 Å². The highest BCUT2D eigenvalue weighted by atomic mass is 16.6. The minimum absolute atomic E-state index is 0.0284. The Morgan fingerprint density at radius 2 is 1.83 bits per heavy atom. The van der Waals surface area contributed by atoms with Crippen molar-refractivity contribution in [2.75, 3.05) is 0 Å². The lowest BCUT2D eigenvalue weighted by Gasteiger charge is -2.00. The van der Waals surface area contributed by atoms with E-state index in [1.54, 1.807) is 12.1 Å². The molecule has 0 atom stereocenters. The number of ketones is 1. The Bertz CT molecular complexity index is 452. The second-order valence-electron chi connectivity index (χ2n) is 3.89. The van der Waals surface area contributed by atoms with Crippen LogP contribution >= 0.6 is 0 Å². The van der Waals surface area contributed by atoms with Crippen LogP contribution in [0.5, 0.6) is 0 Å². The van der Waals surface area contributed by atoms with E-state index in [1.807, 2.05) is 0 Å². The van der Waals surface area contributed by atoms with E-state index in [0.717, 1.165) is 5.56 Å². The molecule has 0 radical (unpaired) electrons. The van der Waals surface area contributed by atoms with Crippen molar-refractivity contribution in [1.82, 2.24) is 0 Å². The quantitative estimate of drug-likeness (QED) is 0.453. The van der Waals surface area contributed by atoms with Gasteiger partial charge in [0.05, 0.1) is 4.92 Å². The predicted molar refractivity (Wildman–Crippen MR) is 63.3 cm³/mol. The molecule has 0 aliphatic rings. The number of carbonyl (C=O) groups excluding carboxylic acids is 1. The van der Waals surface area contributed by atoms with Crippen molar-refractivity contribution in [2.45, 2.75) is 25.7 Å². The molecule has 0 fully saturated rings. The molecule has 0 unspecified atom stereocenters. The number of hydrogen-bond acceptors (Lipinski definition) is 4. The molecule has 0 aliphatic heterocycles. The highest BCUT2D eigenvalue weighted by Gasteiger charge is 2.08. The number of rotatable bonds is 7. The molecule has 0 spiro atoms. The second-order valence-corrected chi connectivity index (χ2v) is 3.89. The molecule has 1 aromatic carbocycles. The van der Waals surface area contributed by atoms with Crippen molar-refractivity contribution in [1.29, 1.82) is 0 Å². The summed E-state index contributed by atoms with van der Waals surface area (Å²) in [6.07, 6.45) is 0.914. The zero-order valence-corrected chi connectivity index (χ0v) is 9.67. The number of nitrogens with zero attached hydrogens (tertiary/aromatic N) is 1. The van der Waals surface area contributed by atoms with Crippen molar-refractivity contribution < 1.29 is 19.6 Å². The van der Waals surface area contributed by atoms with Crippen molar-refractivity contribution in [2.24, 2.45) is 0 Å². The van der Waals surface area contributed by atoms with Crippen LogP contribution in [0.4, 0.5) is 5.69 Å². The number of non-ortho nitro benzene ring substituents is 1. The zero-order chi connectivity index (χ0) is 13.5. The number of nitro benzene ring substituents is 1. The molecule has 6 nitrogen and oxygen atoms in total. The van der Waals surface area contributed by atoms with Gasteiger partial charge >= 0.3 is 5.97 Å². The van der Waals surface area contributed by atoms with Gasteiger partial charge in [-0.1, -0.05) is 12.1 Å². The maximum atomic E-state index is 11.1. The van der Waals surface area contributed by atoms with Gasteiger partial charge in [0.2, 0.25) is 0 Å². The van der Waals surface area contributed by atoms with Crippen LogP contribution in [0, 0.1) is 10.1 Å². The van der Waals surface area contributed by atoms with Gasteiger partial charge in [0.1, 0.15) is 12.2 Å². The van der Waals surface area contributed by atoms with Crippen LogP contribution in [0.25, 0.3) is 0 Å². The van der Waals surface area contributed by atoms with E-state index >= 15 is 0 Å². The fourth-order valence-electron chi connectivity index (χ4n) is 1.53. The summed E-state index contributed by atoms with van der Waals surface area (Å²) in [5, 5.41) is 18.8. The maximum Gasteiger partial charge on any atom is 0.310 e. The lowest BCUT2D eigenvalue weighted by atomic mass is 10.1. The van der Waals surface area contributed by atoms with E-state index in [4.69, 9.17) is 5.11 Å². The Kier molecular flexibility index (Phi) is 4.98. The topological polar surface area (TPSA) is 97.5 Å². The number of Topliss-reactive ketones (excluding diaryl/α,β-unsaturated/α-hetero) is 1. The molecule has 0 heterocycles. The third-order valence-electron chi connectivity index (χ3n) is 2.42. The predicted octanol–water partition coefficient (Wildman–Crippen LogP) is 1.96. The van der Waals surface area contributed by atoms with E-state index in [-0.39, 0.29) is 17.9 Å². The highest BCUT2D eigenvalue weighted by molar-refractivity contribution is 5.94. The molecule has 0 saturated carbocycles. The lowest BCUT2D eigenvalue weighted by molar-refractivity contribution is -0.384. The molecule has 1 rings (SSSR count). The molecular formula is C12H13NO5. The molecule has 0 aromatic heterocycles. The minimum atomic E-state index is -1.12. The van der Waals surface area contributed by atoms with Crippen LogP contribution in [-0.2, 0) is 16.0 Å². The standard InChI is InChI=1S/C12H13NO5/c14-11(8-12(15)16)3-1-2-9-4-6-10(7-5-9)13(17)18/h4-7H,1-3,8H2,(H,15,16). The Balaban J connectivity index is 2.38. The summed E-state index contributed by atoms with van der Waals surface area (Å²) in [6, 6.07) is 6.10. The van der Waals surface area contributed by atoms with Gasteiger partial charge in [0, 0.05) is 18.6 Å². The van der Waals surface area contributed by atoms with Crippen molar-refractivity contribution >= 4 is 17.4 Å². The van der Waals surface area contributed by atoms with Crippen LogP contribution in [0.2, 0.25) is 0 Å². The smallest absolute Gasteiger partial charge is 0.310 e. The third kappa shape index (κ3) is 4.73. The Labute approximate surface area is 103 Å². The number of carboxylic acid groups (broad SMARTS) is 1. The molecule has 96 valence electrons. The van der Waals surface area contributed by atoms with Gasteiger partial charge in [0.25, 0.3) is 5.69 Å². The average molecular weight is 251 g/mol. The van der Waals surface area contributed by atoms with Gasteiger partial charge in [-0.15, -0.1) is 0 Å². The van der Waals surface area contributed by atoms with Gasteiger partial charge in [-0.05, 0) is 18.4 Å². The van der Waals surface area contributed by atoms with Crippen LogP contribution in [0.1, 0.15) is 24.8 Å². The minimum Gasteiger partial charge on any atom is -0.481 e. The maximum absolute atomic E-state index is 11.1. The van der Waals surface area contributed by atoms with E-state index < -0.39 is 17.3 Å². The van der Waals surface area contributed by atoms with Crippen molar-refractivity contribution in [3.63, 3.8) is 0 Å². The summed E-state index contributed by atoms with van der Waals surface area (Å²) in [5.74, 6) is -1.42.